The van der Waals surface area contributed by atoms with Crippen molar-refractivity contribution in [2.24, 2.45) is 0 Å². The van der Waals surface area contributed by atoms with Gasteiger partial charge < -0.3 is 5.32 Å². The number of aryl methyl sites for hydroxylation is 1. The number of anilines is 1. The number of amides is 1. The molecule has 4 aromatic rings. The van der Waals surface area contributed by atoms with Crippen molar-refractivity contribution in [2.75, 3.05) is 5.32 Å². The minimum atomic E-state index is -0.132. The number of thiazole rings is 1. The zero-order valence-corrected chi connectivity index (χ0v) is 16.2. The van der Waals surface area contributed by atoms with Crippen molar-refractivity contribution in [2.45, 2.75) is 19.8 Å². The Bertz CT molecular complexity index is 1080. The van der Waals surface area contributed by atoms with Crippen LogP contribution in [0.1, 0.15) is 18.2 Å². The molecule has 136 valence electrons. The maximum absolute atomic E-state index is 12.3. The Morgan fingerprint density at radius 1 is 1.22 bits per heavy atom. The molecule has 0 bridgehead atoms. The number of halogens is 1. The number of hydrogen-bond donors (Lipinski definition) is 1. The van der Waals surface area contributed by atoms with Crippen LogP contribution in [0.25, 0.3) is 16.2 Å². The smallest absolute Gasteiger partial charge is 0.231 e. The van der Waals surface area contributed by atoms with Crippen molar-refractivity contribution in [3.8, 4) is 11.3 Å². The molecule has 3 heterocycles. The Morgan fingerprint density at radius 3 is 2.74 bits per heavy atom. The lowest BCUT2D eigenvalue weighted by Gasteiger charge is -2.04. The molecule has 0 atom stereocenters. The van der Waals surface area contributed by atoms with Crippen molar-refractivity contribution in [1.82, 2.24) is 14.4 Å². The fourth-order valence-corrected chi connectivity index (χ4v) is 3.79. The van der Waals surface area contributed by atoms with E-state index in [0.717, 1.165) is 28.3 Å². The summed E-state index contributed by atoms with van der Waals surface area (Å²) in [6, 6.07) is 11.8. The Kier molecular flexibility index (Phi) is 4.92. The molecule has 3 aromatic heterocycles. The van der Waals surface area contributed by atoms with Gasteiger partial charge in [0.25, 0.3) is 0 Å². The highest BCUT2D eigenvalue weighted by Gasteiger charge is 2.13. The molecule has 0 saturated carbocycles. The third-order valence-corrected chi connectivity index (χ3v) is 5.39. The minimum absolute atomic E-state index is 0.132. The van der Waals surface area contributed by atoms with Crippen molar-refractivity contribution < 1.29 is 4.79 Å². The maximum Gasteiger partial charge on any atom is 0.231 e. The lowest BCUT2D eigenvalue weighted by Crippen LogP contribution is -2.16. The fraction of sp³-hybridized carbons (Fsp3) is 0.150. The van der Waals surface area contributed by atoms with Crippen LogP contribution >= 0.6 is 22.9 Å². The highest BCUT2D eigenvalue weighted by atomic mass is 35.5. The highest BCUT2D eigenvalue weighted by molar-refractivity contribution is 7.15. The van der Waals surface area contributed by atoms with Gasteiger partial charge in [0.2, 0.25) is 5.91 Å². The van der Waals surface area contributed by atoms with Crippen molar-refractivity contribution >= 4 is 39.6 Å². The Balaban J connectivity index is 1.53. The molecule has 0 aliphatic rings. The van der Waals surface area contributed by atoms with E-state index in [0.29, 0.717) is 10.8 Å². The number of nitrogens with zero attached hydrogens (tertiary/aromatic N) is 3. The molecular formula is C20H17ClN4OS. The monoisotopic (exact) mass is 396 g/mol. The van der Waals surface area contributed by atoms with E-state index in [-0.39, 0.29) is 12.3 Å². The van der Waals surface area contributed by atoms with E-state index in [4.69, 9.17) is 11.6 Å². The molecule has 4 rings (SSSR count). The lowest BCUT2D eigenvalue weighted by molar-refractivity contribution is -0.115. The van der Waals surface area contributed by atoms with Gasteiger partial charge in [0.05, 0.1) is 17.1 Å². The van der Waals surface area contributed by atoms with Gasteiger partial charge >= 0.3 is 0 Å². The van der Waals surface area contributed by atoms with E-state index < -0.39 is 0 Å². The SMILES string of the molecule is CCc1ccc(-c2cn3c(CC(=O)Nc4ccc(Cl)cn4)csc3n2)cc1. The summed E-state index contributed by atoms with van der Waals surface area (Å²) in [7, 11) is 0. The summed E-state index contributed by atoms with van der Waals surface area (Å²) in [6.07, 6.45) is 4.75. The van der Waals surface area contributed by atoms with Crippen molar-refractivity contribution in [3.63, 3.8) is 0 Å². The van der Waals surface area contributed by atoms with Gasteiger partial charge in [-0.1, -0.05) is 42.8 Å². The number of nitrogens with one attached hydrogen (secondary N) is 1. The summed E-state index contributed by atoms with van der Waals surface area (Å²) in [5, 5.41) is 5.28. The van der Waals surface area contributed by atoms with E-state index in [2.05, 4.69) is 46.5 Å². The summed E-state index contributed by atoms with van der Waals surface area (Å²) >= 11 is 7.34. The van der Waals surface area contributed by atoms with Crippen LogP contribution in [-0.2, 0) is 17.6 Å². The first kappa shape index (κ1) is 17.7. The topological polar surface area (TPSA) is 59.3 Å². The summed E-state index contributed by atoms with van der Waals surface area (Å²) in [5.41, 5.74) is 4.17. The van der Waals surface area contributed by atoms with Gasteiger partial charge in [0.15, 0.2) is 4.96 Å². The largest absolute Gasteiger partial charge is 0.310 e. The zero-order valence-electron chi connectivity index (χ0n) is 14.6. The summed E-state index contributed by atoms with van der Waals surface area (Å²) in [4.78, 5) is 22.0. The van der Waals surface area contributed by atoms with Crippen molar-refractivity contribution in [3.05, 3.63) is 70.5 Å². The molecular weight excluding hydrogens is 380 g/mol. The predicted octanol–water partition coefficient (Wildman–Crippen LogP) is 4.85. The second kappa shape index (κ2) is 7.50. The number of imidazole rings is 1. The average molecular weight is 397 g/mol. The van der Waals surface area contributed by atoms with Crippen LogP contribution in [0, 0.1) is 0 Å². The summed E-state index contributed by atoms with van der Waals surface area (Å²) < 4.78 is 1.97. The molecule has 1 aromatic carbocycles. The number of benzene rings is 1. The van der Waals surface area contributed by atoms with Gasteiger partial charge in [-0.3, -0.25) is 9.20 Å². The molecule has 27 heavy (non-hydrogen) atoms. The highest BCUT2D eigenvalue weighted by Crippen LogP contribution is 2.24. The second-order valence-corrected chi connectivity index (χ2v) is 7.42. The van der Waals surface area contributed by atoms with Crippen LogP contribution in [0.4, 0.5) is 5.82 Å². The van der Waals surface area contributed by atoms with E-state index in [1.54, 1.807) is 12.1 Å². The van der Waals surface area contributed by atoms with Gasteiger partial charge in [-0.2, -0.15) is 0 Å². The van der Waals surface area contributed by atoms with Crippen LogP contribution in [0.15, 0.2) is 54.2 Å². The molecule has 0 unspecified atom stereocenters. The number of hydrogen-bond acceptors (Lipinski definition) is 4. The molecule has 1 N–H and O–H groups in total. The molecule has 0 aliphatic carbocycles. The van der Waals surface area contributed by atoms with E-state index in [1.165, 1.54) is 23.1 Å². The van der Waals surface area contributed by atoms with Gasteiger partial charge in [0.1, 0.15) is 5.82 Å². The van der Waals surface area contributed by atoms with E-state index in [1.807, 2.05) is 16.0 Å². The van der Waals surface area contributed by atoms with Crippen LogP contribution in [0.2, 0.25) is 5.02 Å². The van der Waals surface area contributed by atoms with Crippen LogP contribution in [0.3, 0.4) is 0 Å². The molecule has 0 spiro atoms. The Labute approximate surface area is 165 Å². The predicted molar refractivity (Wildman–Crippen MR) is 109 cm³/mol. The number of carbonyl (C=O) groups is 1. The molecule has 0 aliphatic heterocycles. The molecule has 0 saturated heterocycles. The van der Waals surface area contributed by atoms with E-state index in [9.17, 15) is 4.79 Å². The number of rotatable bonds is 5. The number of pyridine rings is 1. The number of carbonyl (C=O) groups excluding carboxylic acids is 1. The van der Waals surface area contributed by atoms with Gasteiger partial charge in [-0.15, -0.1) is 11.3 Å². The fourth-order valence-electron chi connectivity index (χ4n) is 2.81. The molecule has 7 heteroatoms. The number of aromatic nitrogens is 3. The van der Waals surface area contributed by atoms with Gasteiger partial charge in [0, 0.05) is 29.0 Å². The average Bonchev–Trinajstić information content (AvgIpc) is 3.26. The molecule has 0 radical (unpaired) electrons. The van der Waals surface area contributed by atoms with Crippen LogP contribution in [0.5, 0.6) is 0 Å². The lowest BCUT2D eigenvalue weighted by atomic mass is 10.1. The zero-order chi connectivity index (χ0) is 18.8. The first-order chi connectivity index (χ1) is 13.1. The summed E-state index contributed by atoms with van der Waals surface area (Å²) in [6.45, 7) is 2.14. The number of fused-ring (bicyclic) bond motifs is 1. The Morgan fingerprint density at radius 2 is 2.04 bits per heavy atom. The molecule has 1 amide bonds. The minimum Gasteiger partial charge on any atom is -0.310 e. The maximum atomic E-state index is 12.3. The first-order valence-corrected chi connectivity index (χ1v) is 9.84. The van der Waals surface area contributed by atoms with Gasteiger partial charge in [-0.05, 0) is 24.1 Å². The normalized spacial score (nSPS) is 11.0. The quantitative estimate of drug-likeness (QED) is 0.524. The van der Waals surface area contributed by atoms with Crippen LogP contribution in [-0.4, -0.2) is 20.3 Å². The molecule has 5 nitrogen and oxygen atoms in total. The van der Waals surface area contributed by atoms with Crippen LogP contribution < -0.4 is 5.32 Å². The standard InChI is InChI=1S/C20H17ClN4OS/c1-2-13-3-5-14(6-4-13)17-11-25-16(12-27-20(25)23-17)9-19(26)24-18-8-7-15(21)10-22-18/h3-8,10-12H,2,9H2,1H3,(H,22,24,26). The third-order valence-electron chi connectivity index (χ3n) is 4.28. The third kappa shape index (κ3) is 3.86. The molecule has 0 fully saturated rings. The van der Waals surface area contributed by atoms with Crippen molar-refractivity contribution in [1.29, 1.82) is 0 Å². The first-order valence-electron chi connectivity index (χ1n) is 8.58. The second-order valence-electron chi connectivity index (χ2n) is 6.14. The summed E-state index contributed by atoms with van der Waals surface area (Å²) in [5.74, 6) is 0.352. The van der Waals surface area contributed by atoms with Gasteiger partial charge in [-0.25, -0.2) is 9.97 Å². The van der Waals surface area contributed by atoms with E-state index >= 15 is 0 Å². The Hall–Kier alpha value is -2.70.